The van der Waals surface area contributed by atoms with Gasteiger partial charge in [0.2, 0.25) is 0 Å². The molecule has 2 heterocycles. The molecule has 1 amide bonds. The van der Waals surface area contributed by atoms with Gasteiger partial charge in [0, 0.05) is 44.9 Å². The fraction of sp³-hybridized carbons (Fsp3) is 0.368. The summed E-state index contributed by atoms with van der Waals surface area (Å²) in [6, 6.07) is 10.8. The summed E-state index contributed by atoms with van der Waals surface area (Å²) in [4.78, 5) is 25.2. The van der Waals surface area contributed by atoms with Crippen LogP contribution < -0.4 is 15.1 Å². The van der Waals surface area contributed by atoms with Crippen molar-refractivity contribution in [3.05, 3.63) is 47.8 Å². The van der Waals surface area contributed by atoms with E-state index in [0.29, 0.717) is 17.7 Å². The van der Waals surface area contributed by atoms with Gasteiger partial charge in [0.25, 0.3) is 5.91 Å². The molecule has 134 valence electrons. The van der Waals surface area contributed by atoms with Crippen molar-refractivity contribution in [3.63, 3.8) is 0 Å². The minimum atomic E-state index is -0.113. The van der Waals surface area contributed by atoms with E-state index in [9.17, 15) is 4.79 Å². The third-order valence-corrected chi connectivity index (χ3v) is 4.45. The Labute approximate surface area is 153 Å². The van der Waals surface area contributed by atoms with Crippen LogP contribution in [-0.2, 0) is 0 Å². The highest BCUT2D eigenvalue weighted by atomic mass is 16.1. The van der Waals surface area contributed by atoms with Gasteiger partial charge in [-0.25, -0.2) is 9.97 Å². The molecule has 1 fully saturated rings. The predicted molar refractivity (Wildman–Crippen MR) is 100 cm³/mol. The lowest BCUT2D eigenvalue weighted by Gasteiger charge is -2.34. The second-order valence-electron chi connectivity index (χ2n) is 6.58. The number of piperidine rings is 1. The molecule has 26 heavy (non-hydrogen) atoms. The van der Waals surface area contributed by atoms with E-state index < -0.39 is 0 Å². The summed E-state index contributed by atoms with van der Waals surface area (Å²) in [5, 5.41) is 11.9. The average molecular weight is 350 g/mol. The number of anilines is 2. The fourth-order valence-corrected chi connectivity index (χ4v) is 3.02. The number of carbonyl (C=O) groups excluding carboxylic acids is 1. The number of benzene rings is 1. The van der Waals surface area contributed by atoms with Crippen molar-refractivity contribution in [3.8, 4) is 6.07 Å². The maximum Gasteiger partial charge on any atom is 0.251 e. The zero-order valence-corrected chi connectivity index (χ0v) is 15.0. The smallest absolute Gasteiger partial charge is 0.251 e. The van der Waals surface area contributed by atoms with Crippen LogP contribution in [0.5, 0.6) is 0 Å². The Morgan fingerprint density at radius 2 is 2.08 bits per heavy atom. The molecule has 7 nitrogen and oxygen atoms in total. The van der Waals surface area contributed by atoms with Crippen LogP contribution >= 0.6 is 0 Å². The Hall–Kier alpha value is -3.14. The highest BCUT2D eigenvalue weighted by Crippen LogP contribution is 2.20. The van der Waals surface area contributed by atoms with E-state index in [1.165, 1.54) is 0 Å². The van der Waals surface area contributed by atoms with Crippen LogP contribution in [0, 0.1) is 11.3 Å². The molecule has 1 aliphatic heterocycles. The summed E-state index contributed by atoms with van der Waals surface area (Å²) >= 11 is 0. The van der Waals surface area contributed by atoms with E-state index in [-0.39, 0.29) is 11.9 Å². The van der Waals surface area contributed by atoms with Crippen LogP contribution in [0.3, 0.4) is 0 Å². The number of carbonyl (C=O) groups is 1. The Bertz CT molecular complexity index is 812. The van der Waals surface area contributed by atoms with E-state index in [1.54, 1.807) is 30.6 Å². The van der Waals surface area contributed by atoms with Crippen LogP contribution in [-0.4, -0.2) is 49.1 Å². The molecule has 1 aromatic heterocycles. The van der Waals surface area contributed by atoms with Gasteiger partial charge in [-0.05, 0) is 37.1 Å². The van der Waals surface area contributed by atoms with Crippen molar-refractivity contribution in [2.45, 2.75) is 18.9 Å². The van der Waals surface area contributed by atoms with E-state index in [1.807, 2.05) is 25.1 Å². The molecule has 1 saturated heterocycles. The molecule has 1 atom stereocenters. The van der Waals surface area contributed by atoms with Crippen molar-refractivity contribution in [2.75, 3.05) is 37.0 Å². The Kier molecular flexibility index (Phi) is 5.32. The summed E-state index contributed by atoms with van der Waals surface area (Å²) < 4.78 is 0. The fourth-order valence-electron chi connectivity index (χ4n) is 3.02. The quantitative estimate of drug-likeness (QED) is 0.905. The van der Waals surface area contributed by atoms with E-state index in [4.69, 9.17) is 5.26 Å². The number of nitriles is 1. The lowest BCUT2D eigenvalue weighted by molar-refractivity contribution is 0.0933. The summed E-state index contributed by atoms with van der Waals surface area (Å²) in [5.41, 5.74) is 1.11. The summed E-state index contributed by atoms with van der Waals surface area (Å²) in [6.45, 7) is 1.62. The van der Waals surface area contributed by atoms with E-state index in [0.717, 1.165) is 31.0 Å². The molecule has 1 aromatic carbocycles. The molecule has 1 aliphatic rings. The van der Waals surface area contributed by atoms with Crippen molar-refractivity contribution in [2.24, 2.45) is 0 Å². The SMILES string of the molecule is CN(C)c1cc(N2CCC[C@@H](NC(=O)c3ccc(C#N)cc3)C2)ncn1. The Morgan fingerprint density at radius 1 is 1.31 bits per heavy atom. The highest BCUT2D eigenvalue weighted by Gasteiger charge is 2.23. The van der Waals surface area contributed by atoms with Crippen molar-refractivity contribution in [1.82, 2.24) is 15.3 Å². The first-order valence-electron chi connectivity index (χ1n) is 8.62. The van der Waals surface area contributed by atoms with Gasteiger partial charge in [-0.1, -0.05) is 0 Å². The van der Waals surface area contributed by atoms with Crippen molar-refractivity contribution < 1.29 is 4.79 Å². The van der Waals surface area contributed by atoms with Gasteiger partial charge < -0.3 is 15.1 Å². The number of rotatable bonds is 4. The second kappa shape index (κ2) is 7.83. The second-order valence-corrected chi connectivity index (χ2v) is 6.58. The van der Waals surface area contributed by atoms with Crippen LogP contribution in [0.4, 0.5) is 11.6 Å². The first kappa shape index (κ1) is 17.7. The van der Waals surface area contributed by atoms with Gasteiger partial charge in [0.05, 0.1) is 11.6 Å². The van der Waals surface area contributed by atoms with E-state index in [2.05, 4.69) is 26.3 Å². The predicted octanol–water partition coefficient (Wildman–Crippen LogP) is 1.81. The monoisotopic (exact) mass is 350 g/mol. The standard InChI is InChI=1S/C19H22N6O/c1-24(2)17-10-18(22-13-21-17)25-9-3-4-16(12-25)23-19(26)15-7-5-14(11-20)6-8-15/h5-8,10,13,16H,3-4,9,12H2,1-2H3,(H,23,26)/t16-/m1/s1. The number of hydrogen-bond donors (Lipinski definition) is 1. The minimum Gasteiger partial charge on any atom is -0.363 e. The van der Waals surface area contributed by atoms with Crippen LogP contribution in [0.25, 0.3) is 0 Å². The van der Waals surface area contributed by atoms with E-state index >= 15 is 0 Å². The normalized spacial score (nSPS) is 16.7. The van der Waals surface area contributed by atoms with Crippen molar-refractivity contribution in [1.29, 1.82) is 5.26 Å². The number of aromatic nitrogens is 2. The third kappa shape index (κ3) is 4.09. The molecular formula is C19H22N6O. The topological polar surface area (TPSA) is 85.1 Å². The van der Waals surface area contributed by atoms with Crippen LogP contribution in [0.2, 0.25) is 0 Å². The Balaban J connectivity index is 1.65. The largest absolute Gasteiger partial charge is 0.363 e. The lowest BCUT2D eigenvalue weighted by atomic mass is 10.0. The number of amides is 1. The maximum absolute atomic E-state index is 12.5. The zero-order valence-electron chi connectivity index (χ0n) is 15.0. The lowest BCUT2D eigenvalue weighted by Crippen LogP contribution is -2.48. The number of nitrogens with zero attached hydrogens (tertiary/aromatic N) is 5. The zero-order chi connectivity index (χ0) is 18.5. The highest BCUT2D eigenvalue weighted by molar-refractivity contribution is 5.94. The Morgan fingerprint density at radius 3 is 2.77 bits per heavy atom. The maximum atomic E-state index is 12.5. The first-order chi connectivity index (χ1) is 12.6. The molecule has 1 N–H and O–H groups in total. The molecule has 0 bridgehead atoms. The van der Waals surface area contributed by atoms with Gasteiger partial charge in [0.1, 0.15) is 18.0 Å². The summed E-state index contributed by atoms with van der Waals surface area (Å²) in [5.74, 6) is 1.62. The average Bonchev–Trinajstić information content (AvgIpc) is 2.68. The molecular weight excluding hydrogens is 328 g/mol. The van der Waals surface area contributed by atoms with Crippen molar-refractivity contribution >= 4 is 17.5 Å². The van der Waals surface area contributed by atoms with Gasteiger partial charge in [-0.2, -0.15) is 5.26 Å². The molecule has 0 aliphatic carbocycles. The van der Waals surface area contributed by atoms with Gasteiger partial charge >= 0.3 is 0 Å². The van der Waals surface area contributed by atoms with Gasteiger partial charge in [-0.3, -0.25) is 4.79 Å². The molecule has 7 heteroatoms. The first-order valence-corrected chi connectivity index (χ1v) is 8.62. The molecule has 2 aromatic rings. The molecule has 0 saturated carbocycles. The molecule has 0 spiro atoms. The molecule has 0 unspecified atom stereocenters. The molecule has 3 rings (SSSR count). The summed E-state index contributed by atoms with van der Waals surface area (Å²) in [6.07, 6.45) is 3.49. The van der Waals surface area contributed by atoms with Crippen LogP contribution in [0.1, 0.15) is 28.8 Å². The number of nitrogens with one attached hydrogen (secondary N) is 1. The number of hydrogen-bond acceptors (Lipinski definition) is 6. The summed E-state index contributed by atoms with van der Waals surface area (Å²) in [7, 11) is 3.89. The minimum absolute atomic E-state index is 0.0599. The third-order valence-electron chi connectivity index (χ3n) is 4.45. The molecule has 0 radical (unpaired) electrons. The van der Waals surface area contributed by atoms with Gasteiger partial charge in [0.15, 0.2) is 0 Å². The van der Waals surface area contributed by atoms with Crippen LogP contribution in [0.15, 0.2) is 36.7 Å². The van der Waals surface area contributed by atoms with Gasteiger partial charge in [-0.15, -0.1) is 0 Å².